The number of amides is 1. The van der Waals surface area contributed by atoms with Gasteiger partial charge in [-0.2, -0.15) is 5.10 Å². The molecular formula is C13H21N3O3. The van der Waals surface area contributed by atoms with Crippen LogP contribution in [-0.2, 0) is 11.2 Å². The Balaban J connectivity index is 2.69. The van der Waals surface area contributed by atoms with E-state index in [1.54, 1.807) is 6.07 Å². The summed E-state index contributed by atoms with van der Waals surface area (Å²) in [5.74, 6) is -1.22. The van der Waals surface area contributed by atoms with Gasteiger partial charge in [0, 0.05) is 12.2 Å². The van der Waals surface area contributed by atoms with Crippen molar-refractivity contribution in [2.24, 2.45) is 5.41 Å². The van der Waals surface area contributed by atoms with Crippen molar-refractivity contribution < 1.29 is 14.7 Å². The van der Waals surface area contributed by atoms with Gasteiger partial charge >= 0.3 is 5.97 Å². The van der Waals surface area contributed by atoms with Gasteiger partial charge in [0.2, 0.25) is 0 Å². The van der Waals surface area contributed by atoms with Gasteiger partial charge in [-0.3, -0.25) is 14.7 Å². The van der Waals surface area contributed by atoms with Gasteiger partial charge < -0.3 is 10.4 Å². The third-order valence-electron chi connectivity index (χ3n) is 3.64. The molecule has 0 aromatic carbocycles. The second-order valence-corrected chi connectivity index (χ2v) is 4.61. The molecule has 1 rings (SSSR count). The number of carboxylic acid groups (broad SMARTS) is 1. The number of carbonyl (C=O) groups excluding carboxylic acids is 1. The Morgan fingerprint density at radius 2 is 2.00 bits per heavy atom. The van der Waals surface area contributed by atoms with Gasteiger partial charge in [0.05, 0.1) is 5.41 Å². The Morgan fingerprint density at radius 3 is 2.42 bits per heavy atom. The van der Waals surface area contributed by atoms with Gasteiger partial charge in [-0.25, -0.2) is 0 Å². The minimum Gasteiger partial charge on any atom is -0.481 e. The molecular weight excluding hydrogens is 246 g/mol. The first-order chi connectivity index (χ1) is 8.99. The lowest BCUT2D eigenvalue weighted by atomic mass is 9.82. The van der Waals surface area contributed by atoms with Crippen LogP contribution in [0.4, 0.5) is 0 Å². The summed E-state index contributed by atoms with van der Waals surface area (Å²) in [4.78, 5) is 23.2. The summed E-state index contributed by atoms with van der Waals surface area (Å²) in [5.41, 5.74) is 0.267. The molecule has 3 N–H and O–H groups in total. The summed E-state index contributed by atoms with van der Waals surface area (Å²) < 4.78 is 0. The maximum Gasteiger partial charge on any atom is 0.311 e. The van der Waals surface area contributed by atoms with Crippen molar-refractivity contribution in [2.45, 2.75) is 40.0 Å². The Labute approximate surface area is 112 Å². The molecule has 1 aromatic rings. The molecule has 1 aromatic heterocycles. The van der Waals surface area contributed by atoms with Gasteiger partial charge in [0.15, 0.2) is 0 Å². The number of nitrogens with one attached hydrogen (secondary N) is 2. The molecule has 0 aliphatic carbocycles. The van der Waals surface area contributed by atoms with Crippen molar-refractivity contribution in [1.29, 1.82) is 0 Å². The zero-order valence-corrected chi connectivity index (χ0v) is 11.6. The standard InChI is InChI=1S/C13H21N3O3/c1-4-9-7-10(16-15-9)11(17)14-8-13(5-2,6-3)12(18)19/h7H,4-6,8H2,1-3H3,(H,14,17)(H,15,16)(H,18,19). The molecule has 106 valence electrons. The van der Waals surface area contributed by atoms with Crippen LogP contribution in [0.2, 0.25) is 0 Å². The Bertz CT molecular complexity index is 450. The number of aryl methyl sites for hydroxylation is 1. The fourth-order valence-electron chi connectivity index (χ4n) is 1.88. The third kappa shape index (κ3) is 3.33. The average Bonchev–Trinajstić information content (AvgIpc) is 2.88. The van der Waals surface area contributed by atoms with E-state index >= 15 is 0 Å². The summed E-state index contributed by atoms with van der Waals surface area (Å²) in [7, 11) is 0. The van der Waals surface area contributed by atoms with E-state index in [1.807, 2.05) is 20.8 Å². The van der Waals surface area contributed by atoms with E-state index in [9.17, 15) is 14.7 Å². The zero-order chi connectivity index (χ0) is 14.5. The smallest absolute Gasteiger partial charge is 0.311 e. The molecule has 1 heterocycles. The highest BCUT2D eigenvalue weighted by atomic mass is 16.4. The molecule has 0 fully saturated rings. The number of carboxylic acids is 1. The second-order valence-electron chi connectivity index (χ2n) is 4.61. The first-order valence-electron chi connectivity index (χ1n) is 6.55. The first kappa shape index (κ1) is 15.2. The minimum atomic E-state index is -0.903. The van der Waals surface area contributed by atoms with E-state index in [4.69, 9.17) is 0 Å². The molecule has 0 aliphatic rings. The van der Waals surface area contributed by atoms with Gasteiger partial charge in [0.1, 0.15) is 5.69 Å². The number of aliphatic carboxylic acids is 1. The van der Waals surface area contributed by atoms with Crippen LogP contribution >= 0.6 is 0 Å². The summed E-state index contributed by atoms with van der Waals surface area (Å²) in [5, 5.41) is 18.6. The van der Waals surface area contributed by atoms with Crippen molar-refractivity contribution in [1.82, 2.24) is 15.5 Å². The van der Waals surface area contributed by atoms with E-state index in [0.29, 0.717) is 18.5 Å². The average molecular weight is 267 g/mol. The zero-order valence-electron chi connectivity index (χ0n) is 11.6. The summed E-state index contributed by atoms with van der Waals surface area (Å²) in [6.45, 7) is 5.70. The lowest BCUT2D eigenvalue weighted by molar-refractivity contribution is -0.149. The van der Waals surface area contributed by atoms with E-state index in [1.165, 1.54) is 0 Å². The lowest BCUT2D eigenvalue weighted by Crippen LogP contribution is -2.42. The number of hydrogen-bond donors (Lipinski definition) is 3. The number of hydrogen-bond acceptors (Lipinski definition) is 3. The Hall–Kier alpha value is -1.85. The number of rotatable bonds is 7. The van der Waals surface area contributed by atoms with Gasteiger partial charge in [-0.05, 0) is 25.3 Å². The minimum absolute atomic E-state index is 0.114. The van der Waals surface area contributed by atoms with E-state index in [-0.39, 0.29) is 12.5 Å². The molecule has 19 heavy (non-hydrogen) atoms. The second kappa shape index (κ2) is 6.36. The van der Waals surface area contributed by atoms with Crippen molar-refractivity contribution in [3.63, 3.8) is 0 Å². The molecule has 6 nitrogen and oxygen atoms in total. The number of aromatic nitrogens is 2. The van der Waals surface area contributed by atoms with Gasteiger partial charge in [0.25, 0.3) is 5.91 Å². The molecule has 0 saturated heterocycles. The molecule has 0 atom stereocenters. The van der Waals surface area contributed by atoms with Crippen LogP contribution in [-0.4, -0.2) is 33.7 Å². The van der Waals surface area contributed by atoms with E-state index < -0.39 is 11.4 Å². The molecule has 0 bridgehead atoms. The van der Waals surface area contributed by atoms with Crippen LogP contribution in [0.25, 0.3) is 0 Å². The van der Waals surface area contributed by atoms with Crippen LogP contribution in [0, 0.1) is 5.41 Å². The molecule has 0 saturated carbocycles. The van der Waals surface area contributed by atoms with Crippen molar-refractivity contribution in [2.75, 3.05) is 6.54 Å². The molecule has 1 amide bonds. The van der Waals surface area contributed by atoms with Crippen LogP contribution < -0.4 is 5.32 Å². The predicted molar refractivity (Wildman–Crippen MR) is 70.9 cm³/mol. The van der Waals surface area contributed by atoms with Crippen molar-refractivity contribution >= 4 is 11.9 Å². The topological polar surface area (TPSA) is 95.1 Å². The number of nitrogens with zero attached hydrogens (tertiary/aromatic N) is 1. The molecule has 6 heteroatoms. The van der Waals surface area contributed by atoms with Crippen LogP contribution in [0.1, 0.15) is 49.8 Å². The largest absolute Gasteiger partial charge is 0.481 e. The predicted octanol–water partition coefficient (Wildman–Crippen LogP) is 1.59. The Kier molecular flexibility index (Phi) is 5.09. The SMILES string of the molecule is CCc1cc(C(=O)NCC(CC)(CC)C(=O)O)n[nH]1. The van der Waals surface area contributed by atoms with Crippen molar-refractivity contribution in [3.05, 3.63) is 17.5 Å². The lowest BCUT2D eigenvalue weighted by Gasteiger charge is -2.26. The highest BCUT2D eigenvalue weighted by Gasteiger charge is 2.35. The molecule has 0 unspecified atom stereocenters. The Morgan fingerprint density at radius 1 is 1.37 bits per heavy atom. The summed E-state index contributed by atoms with van der Waals surface area (Å²) in [6, 6.07) is 1.68. The van der Waals surface area contributed by atoms with Gasteiger partial charge in [-0.15, -0.1) is 0 Å². The summed E-state index contributed by atoms with van der Waals surface area (Å²) >= 11 is 0. The molecule has 0 aliphatic heterocycles. The highest BCUT2D eigenvalue weighted by Crippen LogP contribution is 2.25. The molecule has 0 radical (unpaired) electrons. The van der Waals surface area contributed by atoms with E-state index in [2.05, 4.69) is 15.5 Å². The quantitative estimate of drug-likeness (QED) is 0.699. The van der Waals surface area contributed by atoms with Crippen LogP contribution in [0.15, 0.2) is 6.07 Å². The maximum absolute atomic E-state index is 11.9. The maximum atomic E-state index is 11.9. The number of carbonyl (C=O) groups is 2. The third-order valence-corrected chi connectivity index (χ3v) is 3.64. The fraction of sp³-hybridized carbons (Fsp3) is 0.615. The van der Waals surface area contributed by atoms with Crippen LogP contribution in [0.3, 0.4) is 0 Å². The fourth-order valence-corrected chi connectivity index (χ4v) is 1.88. The number of H-pyrrole nitrogens is 1. The number of aromatic amines is 1. The monoisotopic (exact) mass is 267 g/mol. The first-order valence-corrected chi connectivity index (χ1v) is 6.55. The van der Waals surface area contributed by atoms with Gasteiger partial charge in [-0.1, -0.05) is 20.8 Å². The van der Waals surface area contributed by atoms with Crippen molar-refractivity contribution in [3.8, 4) is 0 Å². The summed E-state index contributed by atoms with van der Waals surface area (Å²) in [6.07, 6.45) is 1.71. The van der Waals surface area contributed by atoms with E-state index in [0.717, 1.165) is 12.1 Å². The normalized spacial score (nSPS) is 11.3. The molecule has 0 spiro atoms. The van der Waals surface area contributed by atoms with Crippen LogP contribution in [0.5, 0.6) is 0 Å². The highest BCUT2D eigenvalue weighted by molar-refractivity contribution is 5.92.